The van der Waals surface area contributed by atoms with Gasteiger partial charge in [0.2, 0.25) is 0 Å². The Morgan fingerprint density at radius 3 is 2.58 bits per heavy atom. The molecule has 1 saturated heterocycles. The van der Waals surface area contributed by atoms with E-state index in [1.807, 2.05) is 30.3 Å². The van der Waals surface area contributed by atoms with E-state index in [2.05, 4.69) is 15.6 Å². The van der Waals surface area contributed by atoms with Crippen molar-refractivity contribution in [3.8, 4) is 0 Å². The van der Waals surface area contributed by atoms with E-state index in [4.69, 9.17) is 4.74 Å². The first-order valence-electron chi connectivity index (χ1n) is 10.5. The normalized spacial score (nSPS) is 25.0. The molecule has 178 valence electrons. The third-order valence-electron chi connectivity index (χ3n) is 6.22. The Labute approximate surface area is 189 Å². The number of sulfone groups is 1. The molecule has 2 fully saturated rings. The number of hydrogen-bond donors (Lipinski definition) is 2. The molecular formula is C22H24F3N3O4S. The van der Waals surface area contributed by atoms with Crippen LogP contribution in [-0.2, 0) is 27.4 Å². The van der Waals surface area contributed by atoms with Crippen LogP contribution in [0.15, 0.2) is 47.4 Å². The topological polar surface area (TPSA) is 97.4 Å². The Bertz CT molecular complexity index is 1130. The number of alkyl halides is 3. The lowest BCUT2D eigenvalue weighted by molar-refractivity contribution is -0.141. The fourth-order valence-electron chi connectivity index (χ4n) is 4.71. The number of hydrogen-bond acceptors (Lipinski definition) is 6. The van der Waals surface area contributed by atoms with Crippen molar-refractivity contribution in [3.63, 3.8) is 0 Å². The maximum absolute atomic E-state index is 13.3. The number of aromatic nitrogens is 1. The number of nitrogens with one attached hydrogen (secondary N) is 2. The zero-order valence-corrected chi connectivity index (χ0v) is 18.6. The Balaban J connectivity index is 1.41. The number of carbonyl (C=O) groups is 1. The lowest BCUT2D eigenvalue weighted by Crippen LogP contribution is -2.39. The maximum atomic E-state index is 13.3. The zero-order chi connectivity index (χ0) is 23.8. The summed E-state index contributed by atoms with van der Waals surface area (Å²) in [4.78, 5) is 15.4. The SMILES string of the molecule is Cc1nc(C(F)(F)F)ccc1S(=O)(=O)[C@@H]1NC[C@H]2C[C@H](NC(=O)OCc3ccccc3)C[C@@H]21. The fourth-order valence-corrected chi connectivity index (χ4v) is 6.81. The van der Waals surface area contributed by atoms with Crippen LogP contribution in [0.2, 0.25) is 0 Å². The number of alkyl carbamates (subject to hydrolysis) is 1. The van der Waals surface area contributed by atoms with Crippen LogP contribution >= 0.6 is 0 Å². The van der Waals surface area contributed by atoms with E-state index in [-0.39, 0.29) is 35.1 Å². The number of fused-ring (bicyclic) bond motifs is 1. The Morgan fingerprint density at radius 2 is 1.91 bits per heavy atom. The summed E-state index contributed by atoms with van der Waals surface area (Å²) in [6, 6.07) is 10.7. The van der Waals surface area contributed by atoms with Gasteiger partial charge in [-0.1, -0.05) is 30.3 Å². The van der Waals surface area contributed by atoms with Crippen LogP contribution in [-0.4, -0.2) is 37.5 Å². The van der Waals surface area contributed by atoms with E-state index in [1.54, 1.807) is 0 Å². The van der Waals surface area contributed by atoms with E-state index < -0.39 is 33.2 Å². The van der Waals surface area contributed by atoms with Gasteiger partial charge in [-0.3, -0.25) is 0 Å². The number of nitrogens with zero attached hydrogens (tertiary/aromatic N) is 1. The summed E-state index contributed by atoms with van der Waals surface area (Å²) < 4.78 is 70.5. The molecule has 2 N–H and O–H groups in total. The number of ether oxygens (including phenoxy) is 1. The third kappa shape index (κ3) is 4.98. The molecule has 0 spiro atoms. The number of benzene rings is 1. The van der Waals surface area contributed by atoms with Crippen molar-refractivity contribution in [1.29, 1.82) is 0 Å². The number of halogens is 3. The molecule has 1 amide bonds. The molecule has 2 aliphatic rings. The Morgan fingerprint density at radius 1 is 1.18 bits per heavy atom. The van der Waals surface area contributed by atoms with E-state index in [0.717, 1.165) is 11.6 Å². The van der Waals surface area contributed by atoms with E-state index in [9.17, 15) is 26.4 Å². The predicted molar refractivity (Wildman–Crippen MR) is 113 cm³/mol. The van der Waals surface area contributed by atoms with Gasteiger partial charge in [0, 0.05) is 6.04 Å². The highest BCUT2D eigenvalue weighted by molar-refractivity contribution is 7.92. The van der Waals surface area contributed by atoms with Crippen molar-refractivity contribution >= 4 is 15.9 Å². The highest BCUT2D eigenvalue weighted by Gasteiger charge is 2.49. The van der Waals surface area contributed by atoms with Crippen LogP contribution in [0.25, 0.3) is 0 Å². The zero-order valence-electron chi connectivity index (χ0n) is 17.8. The Kier molecular flexibility index (Phi) is 6.37. The molecule has 2 heterocycles. The molecule has 1 aromatic heterocycles. The maximum Gasteiger partial charge on any atom is 0.433 e. The van der Waals surface area contributed by atoms with Gasteiger partial charge in [0.05, 0.1) is 10.6 Å². The molecular weight excluding hydrogens is 459 g/mol. The second-order valence-corrected chi connectivity index (χ2v) is 10.5. The summed E-state index contributed by atoms with van der Waals surface area (Å²) in [5.74, 6) is -0.261. The van der Waals surface area contributed by atoms with E-state index >= 15 is 0 Å². The van der Waals surface area contributed by atoms with Crippen LogP contribution in [0.1, 0.15) is 29.8 Å². The second-order valence-electron chi connectivity index (χ2n) is 8.45. The van der Waals surface area contributed by atoms with E-state index in [0.29, 0.717) is 25.5 Å². The van der Waals surface area contributed by atoms with Gasteiger partial charge >= 0.3 is 12.3 Å². The average molecular weight is 484 g/mol. The number of aryl methyl sites for hydroxylation is 1. The Hall–Kier alpha value is -2.66. The average Bonchev–Trinajstić information content (AvgIpc) is 3.32. The molecule has 0 radical (unpaired) electrons. The van der Waals surface area contributed by atoms with Gasteiger partial charge in [0.25, 0.3) is 0 Å². The number of carbonyl (C=O) groups excluding carboxylic acids is 1. The van der Waals surface area contributed by atoms with Gasteiger partial charge in [-0.05, 0) is 55.8 Å². The minimum atomic E-state index is -4.65. The van der Waals surface area contributed by atoms with Crippen LogP contribution in [0, 0.1) is 18.8 Å². The van der Waals surface area contributed by atoms with Gasteiger partial charge in [0.15, 0.2) is 9.84 Å². The molecule has 1 aromatic carbocycles. The first kappa shape index (κ1) is 23.5. The molecule has 4 rings (SSSR count). The first-order chi connectivity index (χ1) is 15.6. The summed E-state index contributed by atoms with van der Waals surface area (Å²) in [6.45, 7) is 1.83. The molecule has 11 heteroatoms. The van der Waals surface area contributed by atoms with Crippen molar-refractivity contribution < 1.29 is 31.1 Å². The molecule has 1 saturated carbocycles. The van der Waals surface area contributed by atoms with Crippen LogP contribution in [0.4, 0.5) is 18.0 Å². The number of pyridine rings is 1. The quantitative estimate of drug-likeness (QED) is 0.676. The minimum absolute atomic E-state index is 0.0203. The third-order valence-corrected chi connectivity index (χ3v) is 8.45. The largest absolute Gasteiger partial charge is 0.445 e. The molecule has 0 unspecified atom stereocenters. The van der Waals surface area contributed by atoms with Gasteiger partial charge in [0.1, 0.15) is 17.7 Å². The van der Waals surface area contributed by atoms with Gasteiger partial charge in [-0.2, -0.15) is 13.2 Å². The lowest BCUT2D eigenvalue weighted by atomic mass is 10.0. The lowest BCUT2D eigenvalue weighted by Gasteiger charge is -2.21. The van der Waals surface area contributed by atoms with Crippen LogP contribution < -0.4 is 10.6 Å². The summed E-state index contributed by atoms with van der Waals surface area (Å²) in [6.07, 6.45) is -4.20. The summed E-state index contributed by atoms with van der Waals surface area (Å²) in [7, 11) is -3.97. The highest BCUT2D eigenvalue weighted by Crippen LogP contribution is 2.42. The molecule has 2 aromatic rings. The van der Waals surface area contributed by atoms with Gasteiger partial charge in [-0.25, -0.2) is 18.2 Å². The highest BCUT2D eigenvalue weighted by atomic mass is 32.2. The van der Waals surface area contributed by atoms with Crippen molar-refractivity contribution in [3.05, 3.63) is 59.4 Å². The first-order valence-corrected chi connectivity index (χ1v) is 12.1. The fraction of sp³-hybridized carbons (Fsp3) is 0.455. The molecule has 1 aliphatic heterocycles. The smallest absolute Gasteiger partial charge is 0.433 e. The van der Waals surface area contributed by atoms with Crippen LogP contribution in [0.3, 0.4) is 0 Å². The molecule has 1 aliphatic carbocycles. The van der Waals surface area contributed by atoms with Crippen LogP contribution in [0.5, 0.6) is 0 Å². The van der Waals surface area contributed by atoms with E-state index in [1.165, 1.54) is 6.92 Å². The summed E-state index contributed by atoms with van der Waals surface area (Å²) in [5, 5.41) is 4.86. The monoisotopic (exact) mass is 483 g/mol. The number of rotatable bonds is 5. The van der Waals surface area contributed by atoms with Crippen molar-refractivity contribution in [2.45, 2.75) is 48.9 Å². The molecule has 33 heavy (non-hydrogen) atoms. The van der Waals surface area contributed by atoms with Gasteiger partial charge in [-0.15, -0.1) is 0 Å². The summed E-state index contributed by atoms with van der Waals surface area (Å²) >= 11 is 0. The minimum Gasteiger partial charge on any atom is -0.445 e. The molecule has 0 bridgehead atoms. The van der Waals surface area contributed by atoms with Crippen molar-refractivity contribution in [2.75, 3.05) is 6.54 Å². The van der Waals surface area contributed by atoms with Crippen molar-refractivity contribution in [2.24, 2.45) is 11.8 Å². The molecule has 4 atom stereocenters. The van der Waals surface area contributed by atoms with Gasteiger partial charge < -0.3 is 15.4 Å². The van der Waals surface area contributed by atoms with Crippen molar-refractivity contribution in [1.82, 2.24) is 15.6 Å². The molecule has 7 nitrogen and oxygen atoms in total. The predicted octanol–water partition coefficient (Wildman–Crippen LogP) is 3.43. The standard InChI is InChI=1S/C22H24F3N3O4S/c1-13-18(7-8-19(27-13)22(23,24)25)33(30,31)20-17-10-16(9-15(17)11-26-20)28-21(29)32-12-14-5-3-2-4-6-14/h2-8,15-17,20,26H,9-12H2,1H3,(H,28,29)/t15-,16+,17+,20+/m1/s1. The number of amides is 1. The second kappa shape index (κ2) is 8.94. The summed E-state index contributed by atoms with van der Waals surface area (Å²) in [5.41, 5.74) is -0.464.